The second-order valence-corrected chi connectivity index (χ2v) is 4.33. The molecule has 100 valence electrons. The molecule has 0 bridgehead atoms. The highest BCUT2D eigenvalue weighted by Crippen LogP contribution is 2.11. The molecule has 1 N–H and O–H groups in total. The van der Waals surface area contributed by atoms with Gasteiger partial charge >= 0.3 is 5.97 Å². The summed E-state index contributed by atoms with van der Waals surface area (Å²) in [6.45, 7) is 6.26. The van der Waals surface area contributed by atoms with Crippen LogP contribution < -0.4 is 0 Å². The lowest BCUT2D eigenvalue weighted by molar-refractivity contribution is -0.139. The van der Waals surface area contributed by atoms with Crippen LogP contribution in [0.5, 0.6) is 0 Å². The van der Waals surface area contributed by atoms with Crippen LogP contribution in [0.2, 0.25) is 0 Å². The first-order valence-corrected chi connectivity index (χ1v) is 6.68. The van der Waals surface area contributed by atoms with E-state index in [4.69, 9.17) is 9.84 Å². The number of esters is 1. The number of unbranched alkanes of at least 4 members (excludes halogenated alkanes) is 5. The van der Waals surface area contributed by atoms with Crippen molar-refractivity contribution < 1.29 is 14.6 Å². The predicted octanol–water partition coefficient (Wildman–Crippen LogP) is 3.22. The molecule has 0 radical (unpaired) electrons. The van der Waals surface area contributed by atoms with Crippen molar-refractivity contribution in [3.63, 3.8) is 0 Å². The topological polar surface area (TPSA) is 46.5 Å². The second kappa shape index (κ2) is 11.6. The Bertz CT molecular complexity index is 212. The maximum atomic E-state index is 11.4. The van der Waals surface area contributed by atoms with Crippen LogP contribution in [-0.2, 0) is 9.53 Å². The number of carbonyl (C=O) groups is 1. The van der Waals surface area contributed by atoms with E-state index < -0.39 is 0 Å². The summed E-state index contributed by atoms with van der Waals surface area (Å²) in [4.78, 5) is 11.4. The summed E-state index contributed by atoms with van der Waals surface area (Å²) in [5.74, 6) is -0.313. The zero-order chi connectivity index (χ0) is 12.9. The molecule has 0 aromatic carbocycles. The van der Waals surface area contributed by atoms with Crippen molar-refractivity contribution >= 4 is 5.97 Å². The number of hydrogen-bond donors (Lipinski definition) is 1. The van der Waals surface area contributed by atoms with E-state index >= 15 is 0 Å². The summed E-state index contributed by atoms with van der Waals surface area (Å²) in [6.07, 6.45) is 8.46. The van der Waals surface area contributed by atoms with E-state index in [1.54, 1.807) is 0 Å². The molecule has 0 saturated carbocycles. The molecule has 3 nitrogen and oxygen atoms in total. The third kappa shape index (κ3) is 10.1. The lowest BCUT2D eigenvalue weighted by Crippen LogP contribution is -2.09. The van der Waals surface area contributed by atoms with Gasteiger partial charge in [0.2, 0.25) is 0 Å². The molecular formula is C14H26O3. The van der Waals surface area contributed by atoms with Crippen LogP contribution in [0.3, 0.4) is 0 Å². The highest BCUT2D eigenvalue weighted by Gasteiger charge is 2.07. The van der Waals surface area contributed by atoms with Crippen molar-refractivity contribution in [3.05, 3.63) is 12.2 Å². The van der Waals surface area contributed by atoms with E-state index in [9.17, 15) is 4.79 Å². The maximum absolute atomic E-state index is 11.4. The first-order chi connectivity index (χ1) is 8.22. The molecule has 0 saturated heterocycles. The normalized spacial score (nSPS) is 10.2. The van der Waals surface area contributed by atoms with E-state index in [-0.39, 0.29) is 19.2 Å². The van der Waals surface area contributed by atoms with E-state index in [1.807, 2.05) is 0 Å². The minimum Gasteiger partial charge on any atom is -0.462 e. The molecule has 0 aromatic rings. The van der Waals surface area contributed by atoms with Crippen LogP contribution in [0.1, 0.15) is 58.3 Å². The summed E-state index contributed by atoms with van der Waals surface area (Å²) < 4.78 is 4.94. The van der Waals surface area contributed by atoms with Crippen molar-refractivity contribution in [2.75, 3.05) is 13.2 Å². The van der Waals surface area contributed by atoms with Gasteiger partial charge in [-0.2, -0.15) is 0 Å². The fourth-order valence-corrected chi connectivity index (χ4v) is 1.55. The third-order valence-corrected chi connectivity index (χ3v) is 2.66. The first-order valence-electron chi connectivity index (χ1n) is 6.68. The quantitative estimate of drug-likeness (QED) is 0.344. The average Bonchev–Trinajstić information content (AvgIpc) is 2.33. The van der Waals surface area contributed by atoms with Gasteiger partial charge in [0.05, 0.1) is 6.61 Å². The zero-order valence-electron chi connectivity index (χ0n) is 11.0. The van der Waals surface area contributed by atoms with Gasteiger partial charge in [-0.05, 0) is 12.8 Å². The van der Waals surface area contributed by atoms with Crippen LogP contribution in [0, 0.1) is 0 Å². The van der Waals surface area contributed by atoms with Crippen molar-refractivity contribution in [3.8, 4) is 0 Å². The number of rotatable bonds is 11. The van der Waals surface area contributed by atoms with Gasteiger partial charge in [-0.25, -0.2) is 4.79 Å². The monoisotopic (exact) mass is 242 g/mol. The van der Waals surface area contributed by atoms with Gasteiger partial charge in [-0.3, -0.25) is 0 Å². The summed E-state index contributed by atoms with van der Waals surface area (Å²) in [5.41, 5.74) is 0.554. The SMILES string of the molecule is C=C(CCCCCCCC)C(=O)OCCCO. The summed E-state index contributed by atoms with van der Waals surface area (Å²) >= 11 is 0. The van der Waals surface area contributed by atoms with E-state index in [2.05, 4.69) is 13.5 Å². The van der Waals surface area contributed by atoms with Gasteiger partial charge in [0.15, 0.2) is 0 Å². The number of ether oxygens (including phenoxy) is 1. The smallest absolute Gasteiger partial charge is 0.333 e. The minimum absolute atomic E-state index is 0.0528. The molecule has 3 heteroatoms. The zero-order valence-corrected chi connectivity index (χ0v) is 11.0. The Labute approximate surface area is 105 Å². The predicted molar refractivity (Wildman–Crippen MR) is 69.8 cm³/mol. The number of aliphatic hydroxyl groups excluding tert-OH is 1. The van der Waals surface area contributed by atoms with Crippen molar-refractivity contribution in [2.45, 2.75) is 58.3 Å². The lowest BCUT2D eigenvalue weighted by atomic mass is 10.1. The number of carbonyl (C=O) groups excluding carboxylic acids is 1. The first kappa shape index (κ1) is 16.2. The molecule has 17 heavy (non-hydrogen) atoms. The standard InChI is InChI=1S/C14H26O3/c1-3-4-5-6-7-8-10-13(2)14(16)17-12-9-11-15/h15H,2-12H2,1H3. The van der Waals surface area contributed by atoms with Gasteiger partial charge in [0.25, 0.3) is 0 Å². The third-order valence-electron chi connectivity index (χ3n) is 2.66. The largest absolute Gasteiger partial charge is 0.462 e. The summed E-state index contributed by atoms with van der Waals surface area (Å²) in [6, 6.07) is 0. The molecule has 0 aromatic heterocycles. The van der Waals surface area contributed by atoms with Gasteiger partial charge in [-0.1, -0.05) is 45.6 Å². The highest BCUT2D eigenvalue weighted by molar-refractivity contribution is 5.87. The van der Waals surface area contributed by atoms with Crippen molar-refractivity contribution in [1.29, 1.82) is 0 Å². The van der Waals surface area contributed by atoms with Gasteiger partial charge < -0.3 is 9.84 Å². The van der Waals surface area contributed by atoms with Crippen molar-refractivity contribution in [1.82, 2.24) is 0 Å². The Morgan fingerprint density at radius 1 is 1.12 bits per heavy atom. The summed E-state index contributed by atoms with van der Waals surface area (Å²) in [5, 5.41) is 8.55. The molecule has 0 aliphatic rings. The molecule has 0 spiro atoms. The van der Waals surface area contributed by atoms with E-state index in [0.29, 0.717) is 12.0 Å². The second-order valence-electron chi connectivity index (χ2n) is 4.33. The number of hydrogen-bond acceptors (Lipinski definition) is 3. The van der Waals surface area contributed by atoms with Crippen LogP contribution in [0.4, 0.5) is 0 Å². The van der Waals surface area contributed by atoms with Crippen LogP contribution >= 0.6 is 0 Å². The number of aliphatic hydroxyl groups is 1. The van der Waals surface area contributed by atoms with Gasteiger partial charge in [0.1, 0.15) is 0 Å². The fourth-order valence-electron chi connectivity index (χ4n) is 1.55. The van der Waals surface area contributed by atoms with Crippen LogP contribution in [0.25, 0.3) is 0 Å². The Morgan fingerprint density at radius 3 is 2.41 bits per heavy atom. The molecule has 0 heterocycles. The van der Waals surface area contributed by atoms with E-state index in [1.165, 1.54) is 25.7 Å². The van der Waals surface area contributed by atoms with Gasteiger partial charge in [-0.15, -0.1) is 0 Å². The molecule has 0 aliphatic carbocycles. The Balaban J connectivity index is 3.41. The Hall–Kier alpha value is -0.830. The van der Waals surface area contributed by atoms with Gasteiger partial charge in [0, 0.05) is 18.6 Å². The average molecular weight is 242 g/mol. The fraction of sp³-hybridized carbons (Fsp3) is 0.786. The Kier molecular flexibility index (Phi) is 11.1. The van der Waals surface area contributed by atoms with Crippen LogP contribution in [0.15, 0.2) is 12.2 Å². The minimum atomic E-state index is -0.313. The summed E-state index contributed by atoms with van der Waals surface area (Å²) in [7, 11) is 0. The Morgan fingerprint density at radius 2 is 1.76 bits per heavy atom. The molecule has 0 rings (SSSR count). The van der Waals surface area contributed by atoms with Crippen molar-refractivity contribution in [2.24, 2.45) is 0 Å². The molecule has 0 amide bonds. The highest BCUT2D eigenvalue weighted by atomic mass is 16.5. The molecule has 0 unspecified atom stereocenters. The molecule has 0 fully saturated rings. The lowest BCUT2D eigenvalue weighted by Gasteiger charge is -2.06. The molecule has 0 aliphatic heterocycles. The molecular weight excluding hydrogens is 216 g/mol. The van der Waals surface area contributed by atoms with Crippen LogP contribution in [-0.4, -0.2) is 24.3 Å². The maximum Gasteiger partial charge on any atom is 0.333 e. The molecule has 0 atom stereocenters. The van der Waals surface area contributed by atoms with E-state index in [0.717, 1.165) is 19.3 Å².